The van der Waals surface area contributed by atoms with Crippen LogP contribution in [0.25, 0.3) is 0 Å². The van der Waals surface area contributed by atoms with Crippen molar-refractivity contribution in [2.45, 2.75) is 18.9 Å². The maximum atomic E-state index is 12.8. The number of amides is 1. The largest absolute Gasteiger partial charge is 0.496 e. The number of aryl methyl sites for hydroxylation is 1. The van der Waals surface area contributed by atoms with E-state index >= 15 is 0 Å². The molecule has 24 heavy (non-hydrogen) atoms. The molecule has 128 valence electrons. The summed E-state index contributed by atoms with van der Waals surface area (Å²) in [4.78, 5) is 15.9. The number of ether oxygens (including phenoxy) is 1. The predicted molar refractivity (Wildman–Crippen MR) is 98.0 cm³/mol. The summed E-state index contributed by atoms with van der Waals surface area (Å²) in [6, 6.07) is 9.87. The first kappa shape index (κ1) is 17.3. The maximum absolute atomic E-state index is 12.8. The lowest BCUT2D eigenvalue weighted by Crippen LogP contribution is -2.48. The van der Waals surface area contributed by atoms with Gasteiger partial charge in [0.2, 0.25) is 5.91 Å². The van der Waals surface area contributed by atoms with Crippen molar-refractivity contribution in [1.82, 2.24) is 10.2 Å². The lowest BCUT2D eigenvalue weighted by Gasteiger charge is -2.37. The third kappa shape index (κ3) is 3.91. The van der Waals surface area contributed by atoms with Gasteiger partial charge >= 0.3 is 0 Å². The Bertz CT molecular complexity index is 704. The molecule has 0 spiro atoms. The molecule has 0 bridgehead atoms. The Morgan fingerprint density at radius 2 is 2.29 bits per heavy atom. The number of thiophene rings is 1. The summed E-state index contributed by atoms with van der Waals surface area (Å²) < 4.78 is 5.48. The zero-order chi connectivity index (χ0) is 16.9. The maximum Gasteiger partial charge on any atom is 0.223 e. The fourth-order valence-electron chi connectivity index (χ4n) is 3.08. The molecule has 0 aliphatic carbocycles. The number of halogens is 1. The van der Waals surface area contributed by atoms with E-state index in [0.717, 1.165) is 40.7 Å². The molecule has 1 fully saturated rings. The number of methoxy groups -OCH3 is 1. The molecule has 1 unspecified atom stereocenters. The topological polar surface area (TPSA) is 41.6 Å². The van der Waals surface area contributed by atoms with Crippen LogP contribution in [0, 0.1) is 0 Å². The number of nitrogens with zero attached hydrogens (tertiary/aromatic N) is 1. The van der Waals surface area contributed by atoms with Gasteiger partial charge in [-0.05, 0) is 18.6 Å². The van der Waals surface area contributed by atoms with E-state index in [-0.39, 0.29) is 11.9 Å². The summed E-state index contributed by atoms with van der Waals surface area (Å²) in [5, 5.41) is 6.04. The van der Waals surface area contributed by atoms with Gasteiger partial charge in [-0.1, -0.05) is 29.8 Å². The fraction of sp³-hybridized carbons (Fsp3) is 0.389. The molecule has 1 aromatic heterocycles. The number of hydrogen-bond donors (Lipinski definition) is 1. The first-order chi connectivity index (χ1) is 11.7. The van der Waals surface area contributed by atoms with Gasteiger partial charge in [0.1, 0.15) is 5.75 Å². The number of benzene rings is 1. The third-order valence-corrected chi connectivity index (χ3v) is 5.61. The smallest absolute Gasteiger partial charge is 0.223 e. The van der Waals surface area contributed by atoms with Gasteiger partial charge in [0.05, 0.1) is 18.2 Å². The SMILES string of the molecule is COc1ccccc1C1CNCCN1C(=O)CCc1cc(Cl)cs1. The number of carbonyl (C=O) groups is 1. The highest BCUT2D eigenvalue weighted by molar-refractivity contribution is 7.10. The molecule has 2 heterocycles. The van der Waals surface area contributed by atoms with Gasteiger partial charge in [-0.2, -0.15) is 0 Å². The van der Waals surface area contributed by atoms with E-state index in [1.165, 1.54) is 0 Å². The molecule has 1 N–H and O–H groups in total. The quantitative estimate of drug-likeness (QED) is 0.882. The Morgan fingerprint density at radius 1 is 1.46 bits per heavy atom. The van der Waals surface area contributed by atoms with Crippen molar-refractivity contribution in [1.29, 1.82) is 0 Å². The van der Waals surface area contributed by atoms with Gasteiger partial charge in [-0.25, -0.2) is 0 Å². The minimum absolute atomic E-state index is 0.00863. The second-order valence-electron chi connectivity index (χ2n) is 5.78. The lowest BCUT2D eigenvalue weighted by atomic mass is 10.0. The highest BCUT2D eigenvalue weighted by Gasteiger charge is 2.29. The van der Waals surface area contributed by atoms with Crippen LogP contribution in [-0.4, -0.2) is 37.6 Å². The molecule has 1 aliphatic heterocycles. The standard InChI is InChI=1S/C18H21ClN2O2S/c1-23-17-5-3-2-4-15(17)16-11-20-8-9-21(16)18(22)7-6-14-10-13(19)12-24-14/h2-5,10,12,16,20H,6-9,11H2,1H3. The van der Waals surface area contributed by atoms with Crippen molar-refractivity contribution in [3.8, 4) is 5.75 Å². The number of carbonyl (C=O) groups excluding carboxylic acids is 1. The monoisotopic (exact) mass is 364 g/mol. The van der Waals surface area contributed by atoms with Crippen molar-refractivity contribution in [3.63, 3.8) is 0 Å². The number of rotatable bonds is 5. The molecule has 1 aromatic carbocycles. The average molecular weight is 365 g/mol. The Labute approximate surface area is 151 Å². The second kappa shape index (κ2) is 8.01. The van der Waals surface area contributed by atoms with Gasteiger partial charge in [0.15, 0.2) is 0 Å². The van der Waals surface area contributed by atoms with Crippen LogP contribution < -0.4 is 10.1 Å². The van der Waals surface area contributed by atoms with Crippen LogP contribution in [0.3, 0.4) is 0 Å². The highest BCUT2D eigenvalue weighted by Crippen LogP contribution is 2.31. The second-order valence-corrected chi connectivity index (χ2v) is 7.21. The molecule has 2 aromatic rings. The van der Waals surface area contributed by atoms with E-state index in [1.54, 1.807) is 18.4 Å². The van der Waals surface area contributed by atoms with Gasteiger partial charge in [0, 0.05) is 41.9 Å². The molecule has 1 saturated heterocycles. The summed E-state index contributed by atoms with van der Waals surface area (Å²) in [6.45, 7) is 2.28. The number of piperazine rings is 1. The number of para-hydroxylation sites is 1. The Balaban J connectivity index is 1.72. The molecule has 1 atom stereocenters. The van der Waals surface area contributed by atoms with Crippen LogP contribution in [0.4, 0.5) is 0 Å². The lowest BCUT2D eigenvalue weighted by molar-refractivity contribution is -0.134. The van der Waals surface area contributed by atoms with E-state index in [2.05, 4.69) is 5.32 Å². The van der Waals surface area contributed by atoms with E-state index in [0.29, 0.717) is 13.0 Å². The molecule has 6 heteroatoms. The zero-order valence-electron chi connectivity index (χ0n) is 13.6. The Morgan fingerprint density at radius 3 is 3.04 bits per heavy atom. The van der Waals surface area contributed by atoms with Crippen LogP contribution in [-0.2, 0) is 11.2 Å². The van der Waals surface area contributed by atoms with Crippen molar-refractivity contribution < 1.29 is 9.53 Å². The van der Waals surface area contributed by atoms with E-state index < -0.39 is 0 Å². The molecule has 3 rings (SSSR count). The normalized spacial score (nSPS) is 17.8. The van der Waals surface area contributed by atoms with Crippen molar-refractivity contribution in [2.75, 3.05) is 26.7 Å². The van der Waals surface area contributed by atoms with Gasteiger partial charge < -0.3 is 15.0 Å². The summed E-state index contributed by atoms with van der Waals surface area (Å²) in [5.74, 6) is 1.01. The first-order valence-corrected chi connectivity index (χ1v) is 9.31. The van der Waals surface area contributed by atoms with Crippen molar-refractivity contribution in [3.05, 3.63) is 51.2 Å². The molecule has 0 saturated carbocycles. The molecular formula is C18H21ClN2O2S. The van der Waals surface area contributed by atoms with E-state index in [9.17, 15) is 4.79 Å². The van der Waals surface area contributed by atoms with Gasteiger partial charge in [-0.15, -0.1) is 11.3 Å². The first-order valence-electron chi connectivity index (χ1n) is 8.05. The minimum Gasteiger partial charge on any atom is -0.496 e. The van der Waals surface area contributed by atoms with Gasteiger partial charge in [-0.3, -0.25) is 4.79 Å². The van der Waals surface area contributed by atoms with Gasteiger partial charge in [0.25, 0.3) is 0 Å². The predicted octanol–water partition coefficient (Wildman–Crippen LogP) is 3.52. The van der Waals surface area contributed by atoms with E-state index in [1.807, 2.05) is 40.6 Å². The van der Waals surface area contributed by atoms with Crippen molar-refractivity contribution >= 4 is 28.8 Å². The molecule has 0 radical (unpaired) electrons. The Hall–Kier alpha value is -1.56. The summed E-state index contributed by atoms with van der Waals surface area (Å²) in [7, 11) is 1.67. The van der Waals surface area contributed by atoms with Crippen LogP contribution in [0.15, 0.2) is 35.7 Å². The van der Waals surface area contributed by atoms with Crippen molar-refractivity contribution in [2.24, 2.45) is 0 Å². The average Bonchev–Trinajstić information content (AvgIpc) is 3.05. The molecule has 1 aliphatic rings. The van der Waals surface area contributed by atoms with E-state index in [4.69, 9.17) is 16.3 Å². The molecular weight excluding hydrogens is 344 g/mol. The molecule has 1 amide bonds. The zero-order valence-corrected chi connectivity index (χ0v) is 15.2. The third-order valence-electron chi connectivity index (χ3n) is 4.27. The summed E-state index contributed by atoms with van der Waals surface area (Å²) in [5.41, 5.74) is 1.06. The number of nitrogens with one attached hydrogen (secondary N) is 1. The fourth-order valence-corrected chi connectivity index (χ4v) is 4.16. The number of hydrogen-bond acceptors (Lipinski definition) is 4. The summed E-state index contributed by atoms with van der Waals surface area (Å²) >= 11 is 7.56. The van der Waals surface area contributed by atoms with Crippen LogP contribution in [0.1, 0.15) is 22.9 Å². The van der Waals surface area contributed by atoms with Crippen LogP contribution in [0.5, 0.6) is 5.75 Å². The minimum atomic E-state index is 0.00863. The Kier molecular flexibility index (Phi) is 5.76. The molecule has 4 nitrogen and oxygen atoms in total. The van der Waals surface area contributed by atoms with Crippen LogP contribution >= 0.6 is 22.9 Å². The van der Waals surface area contributed by atoms with Crippen LogP contribution in [0.2, 0.25) is 5.02 Å². The highest BCUT2D eigenvalue weighted by atomic mass is 35.5. The summed E-state index contributed by atoms with van der Waals surface area (Å²) in [6.07, 6.45) is 1.24.